The lowest BCUT2D eigenvalue weighted by molar-refractivity contribution is 0.668. The van der Waals surface area contributed by atoms with E-state index >= 15 is 0 Å². The molecule has 0 radical (unpaired) electrons. The fraction of sp³-hybridized carbons (Fsp3) is 0.107. The molecule has 0 atom stereocenters. The fourth-order valence-electron chi connectivity index (χ4n) is 9.58. The molecule has 6 nitrogen and oxygen atoms in total. The zero-order valence-corrected chi connectivity index (χ0v) is 38.8. The summed E-state index contributed by atoms with van der Waals surface area (Å²) in [4.78, 5) is 15.1. The van der Waals surface area contributed by atoms with Gasteiger partial charge in [-0.05, 0) is 84.9 Å². The van der Waals surface area contributed by atoms with Crippen LogP contribution >= 0.6 is 0 Å². The van der Waals surface area contributed by atoms with Crippen molar-refractivity contribution in [1.82, 2.24) is 9.97 Å². The highest BCUT2D eigenvalue weighted by molar-refractivity contribution is 6.89. The predicted molar refractivity (Wildman–Crippen MR) is 276 cm³/mol. The summed E-state index contributed by atoms with van der Waals surface area (Å²) >= 11 is 0. The largest absolute Gasteiger partial charge is 0.456 e. The maximum absolute atomic E-state index is 6.42. The van der Waals surface area contributed by atoms with Crippen molar-refractivity contribution in [3.8, 4) is 0 Å². The number of hydrogen-bond donors (Lipinski definition) is 0. The molecule has 0 saturated carbocycles. The van der Waals surface area contributed by atoms with Crippen LogP contribution in [-0.4, -0.2) is 26.1 Å². The quantitative estimate of drug-likeness (QED) is 0.112. The van der Waals surface area contributed by atoms with Gasteiger partial charge in [-0.15, -0.1) is 0 Å². The molecule has 0 saturated heterocycles. The van der Waals surface area contributed by atoms with E-state index in [0.29, 0.717) is 0 Å². The van der Waals surface area contributed by atoms with Crippen molar-refractivity contribution in [2.24, 2.45) is 0 Å². The Morgan fingerprint density at radius 2 is 0.734 bits per heavy atom. The predicted octanol–water partition coefficient (Wildman–Crippen LogP) is 15.2. The molecule has 64 heavy (non-hydrogen) atoms. The van der Waals surface area contributed by atoms with Gasteiger partial charge in [0, 0.05) is 102 Å². The molecule has 0 aliphatic rings. The van der Waals surface area contributed by atoms with Crippen LogP contribution in [0.3, 0.4) is 0 Å². The van der Waals surface area contributed by atoms with Gasteiger partial charge in [0.25, 0.3) is 0 Å². The fourth-order valence-corrected chi connectivity index (χ4v) is 11.9. The molecule has 12 aromatic rings. The number of fused-ring (bicyclic) bond motifs is 6. The summed E-state index contributed by atoms with van der Waals surface area (Å²) in [5.74, 6) is 0. The lowest BCUT2D eigenvalue weighted by atomic mass is 9.99. The number of furan rings is 2. The number of hydrogen-bond acceptors (Lipinski definition) is 6. The van der Waals surface area contributed by atoms with Crippen molar-refractivity contribution in [3.05, 3.63) is 170 Å². The van der Waals surface area contributed by atoms with Crippen molar-refractivity contribution in [1.29, 1.82) is 0 Å². The first-order valence-corrected chi connectivity index (χ1v) is 29.0. The Kier molecular flexibility index (Phi) is 8.48. The van der Waals surface area contributed by atoms with Crippen molar-refractivity contribution < 1.29 is 8.83 Å². The Morgan fingerprint density at radius 3 is 1.14 bits per heavy atom. The number of nitrogens with zero attached hydrogens (tertiary/aromatic N) is 4. The average molecular weight is 863 g/mol. The third-order valence-electron chi connectivity index (χ3n) is 12.9. The molecule has 12 rings (SSSR count). The second kappa shape index (κ2) is 14.1. The van der Waals surface area contributed by atoms with Crippen LogP contribution in [0.4, 0.5) is 34.1 Å². The van der Waals surface area contributed by atoms with E-state index in [4.69, 9.17) is 18.8 Å². The third-order valence-corrected chi connectivity index (χ3v) is 17.1. The van der Waals surface area contributed by atoms with Crippen LogP contribution in [0, 0.1) is 0 Å². The van der Waals surface area contributed by atoms with Crippen LogP contribution in [0.5, 0.6) is 0 Å². The Labute approximate surface area is 373 Å². The number of aromatic nitrogens is 2. The molecule has 0 N–H and O–H groups in total. The van der Waals surface area contributed by atoms with E-state index < -0.39 is 16.1 Å². The summed E-state index contributed by atoms with van der Waals surface area (Å²) in [6.07, 6.45) is 4.03. The molecule has 8 aromatic carbocycles. The Balaban J connectivity index is 1.01. The van der Waals surface area contributed by atoms with E-state index in [-0.39, 0.29) is 0 Å². The summed E-state index contributed by atoms with van der Waals surface area (Å²) in [6, 6.07) is 56.8. The van der Waals surface area contributed by atoms with Crippen LogP contribution in [0.1, 0.15) is 0 Å². The Bertz CT molecular complexity index is 3450. The van der Waals surface area contributed by atoms with Gasteiger partial charge >= 0.3 is 0 Å². The molecule has 0 amide bonds. The van der Waals surface area contributed by atoms with Gasteiger partial charge < -0.3 is 18.6 Å². The van der Waals surface area contributed by atoms with Gasteiger partial charge in [0.15, 0.2) is 0 Å². The van der Waals surface area contributed by atoms with Crippen molar-refractivity contribution in [2.45, 2.75) is 39.3 Å². The smallest absolute Gasteiger partial charge is 0.137 e. The summed E-state index contributed by atoms with van der Waals surface area (Å²) < 4.78 is 12.8. The number of para-hydroxylation sites is 2. The van der Waals surface area contributed by atoms with Crippen LogP contribution in [0.2, 0.25) is 39.3 Å². The lowest BCUT2D eigenvalue weighted by Crippen LogP contribution is -2.37. The van der Waals surface area contributed by atoms with E-state index in [0.717, 1.165) is 111 Å². The monoisotopic (exact) mass is 862 g/mol. The summed E-state index contributed by atoms with van der Waals surface area (Å²) in [6.45, 7) is 14.3. The van der Waals surface area contributed by atoms with Crippen LogP contribution in [0.25, 0.3) is 76.5 Å². The molecule has 0 bridgehead atoms. The first-order chi connectivity index (χ1) is 30.9. The molecule has 0 spiro atoms. The number of anilines is 6. The van der Waals surface area contributed by atoms with Gasteiger partial charge in [-0.1, -0.05) is 110 Å². The van der Waals surface area contributed by atoms with E-state index in [2.05, 4.69) is 183 Å². The minimum Gasteiger partial charge on any atom is -0.456 e. The molecule has 310 valence electrons. The third kappa shape index (κ3) is 6.27. The van der Waals surface area contributed by atoms with Gasteiger partial charge in [0.05, 0.1) is 27.2 Å². The summed E-state index contributed by atoms with van der Waals surface area (Å²) in [5.41, 5.74) is 11.5. The van der Waals surface area contributed by atoms with Crippen LogP contribution in [0.15, 0.2) is 179 Å². The zero-order valence-electron chi connectivity index (χ0n) is 36.8. The highest BCUT2D eigenvalue weighted by Crippen LogP contribution is 2.45. The normalized spacial score (nSPS) is 12.5. The Morgan fingerprint density at radius 1 is 0.359 bits per heavy atom. The zero-order chi connectivity index (χ0) is 43.5. The molecule has 8 heteroatoms. The highest BCUT2D eigenvalue weighted by atomic mass is 28.3. The molecule has 0 aliphatic carbocycles. The lowest BCUT2D eigenvalue weighted by Gasteiger charge is -2.28. The Hall–Kier alpha value is -7.27. The SMILES string of the molecule is C[Si](C)(C)c1ccc(N(c2cc3cnc4cc(N(c5ccc([Si](C)(C)C)cc5)c5ccc6c(c5)oc5ccccc56)cc5cnc(c2)c3c54)c2ccc3c(c2)oc2ccccc23)cc1. The molecule has 0 aliphatic heterocycles. The molecule has 4 heterocycles. The number of pyridine rings is 2. The minimum absolute atomic E-state index is 0.856. The van der Waals surface area contributed by atoms with Crippen LogP contribution < -0.4 is 20.2 Å². The molecule has 0 fully saturated rings. The minimum atomic E-state index is -1.52. The van der Waals surface area contributed by atoms with Gasteiger partial charge in [0.2, 0.25) is 0 Å². The summed E-state index contributed by atoms with van der Waals surface area (Å²) in [7, 11) is -3.04. The topological polar surface area (TPSA) is 58.5 Å². The van der Waals surface area contributed by atoms with Gasteiger partial charge in [-0.3, -0.25) is 9.97 Å². The van der Waals surface area contributed by atoms with E-state index in [1.165, 1.54) is 10.4 Å². The maximum Gasteiger partial charge on any atom is 0.137 e. The van der Waals surface area contributed by atoms with Crippen molar-refractivity contribution >= 4 is 137 Å². The van der Waals surface area contributed by atoms with Crippen molar-refractivity contribution in [2.75, 3.05) is 9.80 Å². The molecule has 0 unspecified atom stereocenters. The van der Waals surface area contributed by atoms with E-state index in [1.807, 2.05) is 36.7 Å². The maximum atomic E-state index is 6.42. The van der Waals surface area contributed by atoms with Gasteiger partial charge in [-0.2, -0.15) is 0 Å². The van der Waals surface area contributed by atoms with Crippen LogP contribution in [-0.2, 0) is 0 Å². The number of rotatable bonds is 8. The van der Waals surface area contributed by atoms with Gasteiger partial charge in [-0.25, -0.2) is 0 Å². The van der Waals surface area contributed by atoms with Gasteiger partial charge in [0.1, 0.15) is 22.3 Å². The second-order valence-electron chi connectivity index (χ2n) is 19.2. The highest BCUT2D eigenvalue weighted by Gasteiger charge is 2.24. The molecular formula is C56H46N4O2Si2. The summed E-state index contributed by atoms with van der Waals surface area (Å²) in [5, 5.41) is 11.6. The van der Waals surface area contributed by atoms with E-state index in [1.54, 1.807) is 0 Å². The van der Waals surface area contributed by atoms with Crippen molar-refractivity contribution in [3.63, 3.8) is 0 Å². The average Bonchev–Trinajstić information content (AvgIpc) is 3.86. The standard InChI is InChI=1S/C56H46N4O2Si2/c1-63(2,3)43-21-15-37(16-22-43)59(39-19-25-47-45-11-7-9-13-51(45)61-53(47)31-39)41-27-35-33-58-50-30-42(28-36-34-57-49(29-41)55(35)56(36)50)60(38-17-23-44(24-18-38)64(4,5)6)40-20-26-48-46-12-8-10-14-52(46)62-54(48)32-40/h7-34H,1-6H3. The first kappa shape index (κ1) is 38.4. The molecular weight excluding hydrogens is 817 g/mol. The number of benzene rings is 8. The second-order valence-corrected chi connectivity index (χ2v) is 29.4. The first-order valence-electron chi connectivity index (χ1n) is 22.0. The molecule has 4 aromatic heterocycles. The van der Waals surface area contributed by atoms with E-state index in [9.17, 15) is 0 Å².